The summed E-state index contributed by atoms with van der Waals surface area (Å²) in [5.74, 6) is 1.00. The van der Waals surface area contributed by atoms with Crippen molar-refractivity contribution in [2.75, 3.05) is 0 Å². The van der Waals surface area contributed by atoms with E-state index < -0.39 is 0 Å². The summed E-state index contributed by atoms with van der Waals surface area (Å²) >= 11 is 0. The maximum absolute atomic E-state index is 6.12. The van der Waals surface area contributed by atoms with Gasteiger partial charge in [0.2, 0.25) is 0 Å². The Morgan fingerprint density at radius 2 is 1.33 bits per heavy atom. The van der Waals surface area contributed by atoms with Crippen molar-refractivity contribution < 1.29 is 0 Å². The third kappa shape index (κ3) is 9.94. The van der Waals surface area contributed by atoms with Crippen molar-refractivity contribution in [3.05, 3.63) is 0 Å². The Labute approximate surface area is 115 Å². The summed E-state index contributed by atoms with van der Waals surface area (Å²) in [6, 6.07) is 0.506. The molecule has 0 radical (unpaired) electrons. The van der Waals surface area contributed by atoms with E-state index in [0.29, 0.717) is 6.04 Å². The molecule has 0 aromatic carbocycles. The third-order valence-corrected chi connectivity index (χ3v) is 4.26. The molecule has 0 spiro atoms. The Hall–Kier alpha value is -0.0400. The van der Waals surface area contributed by atoms with E-state index in [4.69, 9.17) is 5.73 Å². The SMILES string of the molecule is CCCCCCCCCCCCC(N)CC1CC1. The van der Waals surface area contributed by atoms with E-state index in [9.17, 15) is 0 Å². The molecular formula is C17H35N. The van der Waals surface area contributed by atoms with Crippen LogP contribution in [0.25, 0.3) is 0 Å². The van der Waals surface area contributed by atoms with Gasteiger partial charge in [-0.15, -0.1) is 0 Å². The van der Waals surface area contributed by atoms with Gasteiger partial charge in [0.15, 0.2) is 0 Å². The molecule has 1 heteroatoms. The van der Waals surface area contributed by atoms with E-state index in [-0.39, 0.29) is 0 Å². The molecule has 0 aliphatic heterocycles. The molecule has 108 valence electrons. The van der Waals surface area contributed by atoms with E-state index in [1.165, 1.54) is 89.9 Å². The van der Waals surface area contributed by atoms with Gasteiger partial charge in [-0.2, -0.15) is 0 Å². The van der Waals surface area contributed by atoms with E-state index in [1.54, 1.807) is 0 Å². The van der Waals surface area contributed by atoms with E-state index in [0.717, 1.165) is 5.92 Å². The first kappa shape index (κ1) is 16.0. The van der Waals surface area contributed by atoms with Crippen molar-refractivity contribution in [1.29, 1.82) is 0 Å². The van der Waals surface area contributed by atoms with Crippen LogP contribution in [0, 0.1) is 5.92 Å². The van der Waals surface area contributed by atoms with Crippen molar-refractivity contribution in [1.82, 2.24) is 0 Å². The van der Waals surface area contributed by atoms with Crippen LogP contribution in [-0.4, -0.2) is 6.04 Å². The second-order valence-corrected chi connectivity index (χ2v) is 6.41. The molecule has 0 amide bonds. The zero-order valence-corrected chi connectivity index (χ0v) is 12.6. The minimum Gasteiger partial charge on any atom is -0.328 e. The molecule has 0 aromatic rings. The van der Waals surface area contributed by atoms with Gasteiger partial charge in [-0.25, -0.2) is 0 Å². The highest BCUT2D eigenvalue weighted by Crippen LogP contribution is 2.33. The van der Waals surface area contributed by atoms with Crippen LogP contribution in [0.15, 0.2) is 0 Å². The highest BCUT2D eigenvalue weighted by Gasteiger charge is 2.23. The first-order chi connectivity index (χ1) is 8.83. The van der Waals surface area contributed by atoms with E-state index in [1.807, 2.05) is 0 Å². The molecule has 0 saturated heterocycles. The van der Waals surface area contributed by atoms with E-state index in [2.05, 4.69) is 6.92 Å². The summed E-state index contributed by atoms with van der Waals surface area (Å²) in [5, 5.41) is 0. The number of rotatable bonds is 13. The van der Waals surface area contributed by atoms with Crippen molar-refractivity contribution >= 4 is 0 Å². The van der Waals surface area contributed by atoms with Crippen LogP contribution in [-0.2, 0) is 0 Å². The second-order valence-electron chi connectivity index (χ2n) is 6.41. The molecule has 0 bridgehead atoms. The van der Waals surface area contributed by atoms with Gasteiger partial charge in [0.1, 0.15) is 0 Å². The zero-order valence-electron chi connectivity index (χ0n) is 12.6. The molecule has 1 nitrogen and oxygen atoms in total. The van der Waals surface area contributed by atoms with Gasteiger partial charge in [0, 0.05) is 6.04 Å². The molecule has 1 saturated carbocycles. The Bertz CT molecular complexity index is 174. The van der Waals surface area contributed by atoms with Gasteiger partial charge in [0.25, 0.3) is 0 Å². The average Bonchev–Trinajstić information content (AvgIpc) is 3.15. The number of nitrogens with two attached hydrogens (primary N) is 1. The van der Waals surface area contributed by atoms with Gasteiger partial charge in [-0.1, -0.05) is 84.0 Å². The lowest BCUT2D eigenvalue weighted by Crippen LogP contribution is -2.20. The lowest BCUT2D eigenvalue weighted by molar-refractivity contribution is 0.488. The maximum Gasteiger partial charge on any atom is 0.00414 e. The summed E-state index contributed by atoms with van der Waals surface area (Å²) in [6.45, 7) is 2.29. The van der Waals surface area contributed by atoms with Crippen LogP contribution in [0.3, 0.4) is 0 Å². The van der Waals surface area contributed by atoms with Crippen LogP contribution in [0.5, 0.6) is 0 Å². The molecule has 1 rings (SSSR count). The van der Waals surface area contributed by atoms with Crippen LogP contribution in [0.4, 0.5) is 0 Å². The van der Waals surface area contributed by atoms with Crippen LogP contribution in [0.2, 0.25) is 0 Å². The lowest BCUT2D eigenvalue weighted by Gasteiger charge is -2.10. The second kappa shape index (κ2) is 10.8. The van der Waals surface area contributed by atoms with Crippen LogP contribution < -0.4 is 5.73 Å². The normalized spacial score (nSPS) is 17.0. The van der Waals surface area contributed by atoms with E-state index >= 15 is 0 Å². The average molecular weight is 253 g/mol. The molecule has 2 N–H and O–H groups in total. The van der Waals surface area contributed by atoms with Crippen LogP contribution in [0.1, 0.15) is 96.8 Å². The molecule has 1 aliphatic carbocycles. The van der Waals surface area contributed by atoms with Gasteiger partial charge >= 0.3 is 0 Å². The Balaban J connectivity index is 1.70. The van der Waals surface area contributed by atoms with Crippen LogP contribution >= 0.6 is 0 Å². The fourth-order valence-corrected chi connectivity index (χ4v) is 2.79. The molecule has 1 aliphatic rings. The minimum atomic E-state index is 0.506. The Morgan fingerprint density at radius 1 is 0.833 bits per heavy atom. The van der Waals surface area contributed by atoms with Gasteiger partial charge < -0.3 is 5.73 Å². The summed E-state index contributed by atoms with van der Waals surface area (Å²) in [7, 11) is 0. The smallest absolute Gasteiger partial charge is 0.00414 e. The molecule has 1 atom stereocenters. The minimum absolute atomic E-state index is 0.506. The number of unbranched alkanes of at least 4 members (excludes halogenated alkanes) is 9. The summed E-state index contributed by atoms with van der Waals surface area (Å²) in [6.07, 6.45) is 19.7. The zero-order chi connectivity index (χ0) is 13.1. The lowest BCUT2D eigenvalue weighted by atomic mass is 10.0. The molecule has 0 aromatic heterocycles. The maximum atomic E-state index is 6.12. The predicted molar refractivity (Wildman–Crippen MR) is 81.8 cm³/mol. The Kier molecular flexibility index (Phi) is 9.65. The molecule has 0 heterocycles. The number of hydrogen-bond acceptors (Lipinski definition) is 1. The standard InChI is InChI=1S/C17H35N/c1-2-3-4-5-6-7-8-9-10-11-12-17(18)15-16-13-14-16/h16-17H,2-15,18H2,1H3. The summed E-state index contributed by atoms with van der Waals surface area (Å²) in [5.41, 5.74) is 6.12. The van der Waals surface area contributed by atoms with Crippen molar-refractivity contribution in [2.45, 2.75) is 103 Å². The largest absolute Gasteiger partial charge is 0.328 e. The van der Waals surface area contributed by atoms with Gasteiger partial charge in [0.05, 0.1) is 0 Å². The van der Waals surface area contributed by atoms with Crippen molar-refractivity contribution in [3.8, 4) is 0 Å². The van der Waals surface area contributed by atoms with Gasteiger partial charge in [-0.3, -0.25) is 0 Å². The quantitative estimate of drug-likeness (QED) is 0.435. The fourth-order valence-electron chi connectivity index (χ4n) is 2.79. The van der Waals surface area contributed by atoms with Crippen molar-refractivity contribution in [3.63, 3.8) is 0 Å². The predicted octanol–water partition coefficient (Wildman–Crippen LogP) is 5.42. The highest BCUT2D eigenvalue weighted by molar-refractivity contribution is 4.78. The fraction of sp³-hybridized carbons (Fsp3) is 1.00. The molecule has 1 unspecified atom stereocenters. The summed E-state index contributed by atoms with van der Waals surface area (Å²) < 4.78 is 0. The highest BCUT2D eigenvalue weighted by atomic mass is 14.6. The summed E-state index contributed by atoms with van der Waals surface area (Å²) in [4.78, 5) is 0. The molecular weight excluding hydrogens is 218 g/mol. The third-order valence-electron chi connectivity index (χ3n) is 4.26. The number of hydrogen-bond donors (Lipinski definition) is 1. The first-order valence-electron chi connectivity index (χ1n) is 8.58. The topological polar surface area (TPSA) is 26.0 Å². The Morgan fingerprint density at radius 3 is 1.83 bits per heavy atom. The molecule has 18 heavy (non-hydrogen) atoms. The molecule has 1 fully saturated rings. The van der Waals surface area contributed by atoms with Crippen molar-refractivity contribution in [2.24, 2.45) is 11.7 Å². The monoisotopic (exact) mass is 253 g/mol. The first-order valence-corrected chi connectivity index (χ1v) is 8.58. The van der Waals surface area contributed by atoms with Gasteiger partial charge in [-0.05, 0) is 18.8 Å².